The highest BCUT2D eigenvalue weighted by molar-refractivity contribution is 6.06. The molecule has 21 heavy (non-hydrogen) atoms. The third-order valence-corrected chi connectivity index (χ3v) is 2.86. The number of hydrogen-bond acceptors (Lipinski definition) is 3. The van der Waals surface area contributed by atoms with Gasteiger partial charge in [0.1, 0.15) is 5.82 Å². The monoisotopic (exact) mass is 288 g/mol. The molecule has 0 saturated carbocycles. The molecule has 6 heteroatoms. The standard InChI is InChI=1S/C15H13FN2O3/c16-12-1-3-13(4-2-12)18(10-7-14(19)20)15(21)11-5-8-17-9-6-11/h1-6,8-9H,7,10H2,(H,19,20). The number of hydrogen-bond donors (Lipinski definition) is 1. The third kappa shape index (κ3) is 3.85. The van der Waals surface area contributed by atoms with E-state index in [1.807, 2.05) is 0 Å². The summed E-state index contributed by atoms with van der Waals surface area (Å²) in [5, 5.41) is 8.80. The smallest absolute Gasteiger partial charge is 0.305 e. The normalized spacial score (nSPS) is 10.1. The van der Waals surface area contributed by atoms with E-state index in [-0.39, 0.29) is 18.9 Å². The molecule has 0 aliphatic carbocycles. The average molecular weight is 288 g/mol. The van der Waals surface area contributed by atoms with Crippen LogP contribution in [0, 0.1) is 5.82 Å². The number of halogens is 1. The minimum Gasteiger partial charge on any atom is -0.481 e. The first-order valence-electron chi connectivity index (χ1n) is 6.27. The molecule has 0 bridgehead atoms. The second kappa shape index (κ2) is 6.60. The number of rotatable bonds is 5. The molecular formula is C15H13FN2O3. The Labute approximate surface area is 120 Å². The van der Waals surface area contributed by atoms with Crippen molar-refractivity contribution < 1.29 is 19.1 Å². The maximum atomic E-state index is 13.0. The molecule has 0 aliphatic heterocycles. The summed E-state index contributed by atoms with van der Waals surface area (Å²) in [5.41, 5.74) is 0.833. The molecule has 5 nitrogen and oxygen atoms in total. The molecule has 2 aromatic rings. The van der Waals surface area contributed by atoms with Crippen molar-refractivity contribution in [2.45, 2.75) is 6.42 Å². The Morgan fingerprint density at radius 2 is 1.71 bits per heavy atom. The van der Waals surface area contributed by atoms with Gasteiger partial charge in [0.25, 0.3) is 5.91 Å². The van der Waals surface area contributed by atoms with Crippen LogP contribution < -0.4 is 4.90 Å². The van der Waals surface area contributed by atoms with E-state index in [9.17, 15) is 14.0 Å². The van der Waals surface area contributed by atoms with Gasteiger partial charge < -0.3 is 10.0 Å². The fraction of sp³-hybridized carbons (Fsp3) is 0.133. The van der Waals surface area contributed by atoms with Crippen LogP contribution in [0.1, 0.15) is 16.8 Å². The zero-order valence-electron chi connectivity index (χ0n) is 11.1. The van der Waals surface area contributed by atoms with Crippen molar-refractivity contribution in [1.29, 1.82) is 0 Å². The van der Waals surface area contributed by atoms with Crippen LogP contribution in [-0.2, 0) is 4.79 Å². The lowest BCUT2D eigenvalue weighted by atomic mass is 10.2. The Bertz CT molecular complexity index is 629. The maximum Gasteiger partial charge on any atom is 0.305 e. The molecule has 0 spiro atoms. The van der Waals surface area contributed by atoms with E-state index in [4.69, 9.17) is 5.11 Å². The molecule has 1 aromatic heterocycles. The molecule has 0 unspecified atom stereocenters. The van der Waals surface area contributed by atoms with Crippen LogP contribution in [0.25, 0.3) is 0 Å². The van der Waals surface area contributed by atoms with E-state index in [0.717, 1.165) is 0 Å². The highest BCUT2D eigenvalue weighted by Crippen LogP contribution is 2.18. The molecule has 0 radical (unpaired) electrons. The summed E-state index contributed by atoms with van der Waals surface area (Å²) in [4.78, 5) is 28.3. The zero-order chi connectivity index (χ0) is 15.2. The number of aromatic nitrogens is 1. The number of nitrogens with zero attached hydrogens (tertiary/aromatic N) is 2. The van der Waals surface area contributed by atoms with Gasteiger partial charge in [-0.15, -0.1) is 0 Å². The van der Waals surface area contributed by atoms with E-state index < -0.39 is 11.8 Å². The predicted molar refractivity (Wildman–Crippen MR) is 74.6 cm³/mol. The molecule has 0 saturated heterocycles. The molecule has 0 aliphatic rings. The van der Waals surface area contributed by atoms with Crippen LogP contribution >= 0.6 is 0 Å². The second-order valence-electron chi connectivity index (χ2n) is 4.31. The Kier molecular flexibility index (Phi) is 4.61. The summed E-state index contributed by atoms with van der Waals surface area (Å²) >= 11 is 0. The minimum atomic E-state index is -1.01. The Hall–Kier alpha value is -2.76. The van der Waals surface area contributed by atoms with Crippen molar-refractivity contribution in [1.82, 2.24) is 4.98 Å². The van der Waals surface area contributed by atoms with E-state index in [1.165, 1.54) is 41.6 Å². The molecule has 1 N–H and O–H groups in total. The number of carbonyl (C=O) groups excluding carboxylic acids is 1. The summed E-state index contributed by atoms with van der Waals surface area (Å²) in [6, 6.07) is 8.41. The average Bonchev–Trinajstić information content (AvgIpc) is 2.49. The van der Waals surface area contributed by atoms with E-state index in [2.05, 4.69) is 4.98 Å². The van der Waals surface area contributed by atoms with Gasteiger partial charge in [-0.25, -0.2) is 4.39 Å². The number of benzene rings is 1. The van der Waals surface area contributed by atoms with Crippen LogP contribution in [0.15, 0.2) is 48.8 Å². The number of carbonyl (C=O) groups is 2. The Morgan fingerprint density at radius 1 is 1.10 bits per heavy atom. The molecule has 1 aromatic carbocycles. The Balaban J connectivity index is 2.29. The lowest BCUT2D eigenvalue weighted by molar-refractivity contribution is -0.136. The number of carboxylic acid groups (broad SMARTS) is 1. The highest BCUT2D eigenvalue weighted by atomic mass is 19.1. The van der Waals surface area contributed by atoms with E-state index >= 15 is 0 Å². The van der Waals surface area contributed by atoms with Gasteiger partial charge in [0, 0.05) is 30.2 Å². The first-order chi connectivity index (χ1) is 10.1. The predicted octanol–water partition coefficient (Wildman–Crippen LogP) is 2.34. The van der Waals surface area contributed by atoms with Crippen molar-refractivity contribution in [2.24, 2.45) is 0 Å². The number of carboxylic acids is 1. The quantitative estimate of drug-likeness (QED) is 0.916. The summed E-state index contributed by atoms with van der Waals surface area (Å²) in [6.45, 7) is 0.00211. The fourth-order valence-electron chi connectivity index (χ4n) is 1.83. The van der Waals surface area contributed by atoms with Gasteiger partial charge in [-0.05, 0) is 36.4 Å². The van der Waals surface area contributed by atoms with Crippen molar-refractivity contribution in [3.63, 3.8) is 0 Å². The van der Waals surface area contributed by atoms with Crippen molar-refractivity contribution in [3.8, 4) is 0 Å². The number of anilines is 1. The number of pyridine rings is 1. The molecular weight excluding hydrogens is 275 g/mol. The van der Waals surface area contributed by atoms with Crippen molar-refractivity contribution in [3.05, 3.63) is 60.2 Å². The lowest BCUT2D eigenvalue weighted by Crippen LogP contribution is -2.33. The van der Waals surface area contributed by atoms with Crippen LogP contribution in [0.3, 0.4) is 0 Å². The molecule has 108 valence electrons. The van der Waals surface area contributed by atoms with Gasteiger partial charge in [-0.1, -0.05) is 0 Å². The SMILES string of the molecule is O=C(O)CCN(C(=O)c1ccncc1)c1ccc(F)cc1. The van der Waals surface area contributed by atoms with Crippen molar-refractivity contribution in [2.75, 3.05) is 11.4 Å². The number of aliphatic carboxylic acids is 1. The third-order valence-electron chi connectivity index (χ3n) is 2.86. The number of amides is 1. The summed E-state index contributed by atoms with van der Waals surface area (Å²) in [7, 11) is 0. The second-order valence-corrected chi connectivity index (χ2v) is 4.31. The van der Waals surface area contributed by atoms with E-state index in [1.54, 1.807) is 12.1 Å². The van der Waals surface area contributed by atoms with Gasteiger partial charge in [0.2, 0.25) is 0 Å². The van der Waals surface area contributed by atoms with Crippen LogP contribution in [-0.4, -0.2) is 28.5 Å². The molecule has 1 heterocycles. The largest absolute Gasteiger partial charge is 0.481 e. The van der Waals surface area contributed by atoms with E-state index in [0.29, 0.717) is 11.3 Å². The first kappa shape index (κ1) is 14.6. The first-order valence-corrected chi connectivity index (χ1v) is 6.27. The molecule has 0 fully saturated rings. The maximum absolute atomic E-state index is 13.0. The summed E-state index contributed by atoms with van der Waals surface area (Å²) < 4.78 is 13.0. The van der Waals surface area contributed by atoms with Gasteiger partial charge in [-0.2, -0.15) is 0 Å². The molecule has 1 amide bonds. The summed E-state index contributed by atoms with van der Waals surface area (Å²) in [6.07, 6.45) is 2.76. The molecule has 0 atom stereocenters. The minimum absolute atomic E-state index is 0.00211. The van der Waals surface area contributed by atoms with Gasteiger partial charge in [0.05, 0.1) is 6.42 Å². The van der Waals surface area contributed by atoms with Crippen LogP contribution in [0.2, 0.25) is 0 Å². The Morgan fingerprint density at radius 3 is 2.29 bits per heavy atom. The van der Waals surface area contributed by atoms with Crippen molar-refractivity contribution >= 4 is 17.6 Å². The topological polar surface area (TPSA) is 70.5 Å². The highest BCUT2D eigenvalue weighted by Gasteiger charge is 2.18. The summed E-state index contributed by atoms with van der Waals surface area (Å²) in [5.74, 6) is -1.79. The van der Waals surface area contributed by atoms with Gasteiger partial charge >= 0.3 is 5.97 Å². The van der Waals surface area contributed by atoms with Crippen LogP contribution in [0.5, 0.6) is 0 Å². The lowest BCUT2D eigenvalue weighted by Gasteiger charge is -2.22. The molecule has 2 rings (SSSR count). The fourth-order valence-corrected chi connectivity index (χ4v) is 1.83. The zero-order valence-corrected chi connectivity index (χ0v) is 11.1. The van der Waals surface area contributed by atoms with Gasteiger partial charge in [0.15, 0.2) is 0 Å². The van der Waals surface area contributed by atoms with Gasteiger partial charge in [-0.3, -0.25) is 14.6 Å². The van der Waals surface area contributed by atoms with Crippen LogP contribution in [0.4, 0.5) is 10.1 Å².